The molecule has 0 radical (unpaired) electrons. The lowest BCUT2D eigenvalue weighted by atomic mass is 9.76. The number of aliphatic carboxylic acids is 1. The molecule has 5 atom stereocenters. The summed E-state index contributed by atoms with van der Waals surface area (Å²) in [6.07, 6.45) is 4.60. The molecule has 0 aromatic heterocycles. The third kappa shape index (κ3) is 1.68. The first-order valence-electron chi connectivity index (χ1n) is 8.48. The Hall–Kier alpha value is -1.06. The summed E-state index contributed by atoms with van der Waals surface area (Å²) in [5, 5.41) is 9.61. The van der Waals surface area contributed by atoms with E-state index in [9.17, 15) is 14.7 Å². The van der Waals surface area contributed by atoms with E-state index in [1.54, 1.807) is 0 Å². The van der Waals surface area contributed by atoms with Gasteiger partial charge in [0.05, 0.1) is 5.41 Å². The Balaban J connectivity index is 1.47. The van der Waals surface area contributed by atoms with Crippen molar-refractivity contribution in [1.29, 1.82) is 0 Å². The highest BCUT2D eigenvalue weighted by atomic mass is 16.4. The summed E-state index contributed by atoms with van der Waals surface area (Å²) in [6.45, 7) is 4.99. The average molecular weight is 291 g/mol. The van der Waals surface area contributed by atoms with Crippen molar-refractivity contribution in [2.24, 2.45) is 40.9 Å². The Kier molecular flexibility index (Phi) is 2.74. The monoisotopic (exact) mass is 291 g/mol. The SMILES string of the molecule is CC(C)C1(C(=O)O)CCN(C(=O)C2C3C4CCC(C4)C23)C1. The van der Waals surface area contributed by atoms with Gasteiger partial charge in [0.1, 0.15) is 0 Å². The second kappa shape index (κ2) is 4.23. The van der Waals surface area contributed by atoms with Crippen LogP contribution in [0.5, 0.6) is 0 Å². The predicted molar refractivity (Wildman–Crippen MR) is 77.4 cm³/mol. The molecule has 4 aliphatic rings. The Morgan fingerprint density at radius 3 is 2.29 bits per heavy atom. The molecule has 1 aliphatic heterocycles. The van der Waals surface area contributed by atoms with Gasteiger partial charge in [-0.1, -0.05) is 13.8 Å². The van der Waals surface area contributed by atoms with Gasteiger partial charge in [-0.15, -0.1) is 0 Å². The lowest BCUT2D eigenvalue weighted by molar-refractivity contribution is -0.151. The van der Waals surface area contributed by atoms with Crippen LogP contribution in [0, 0.1) is 40.9 Å². The van der Waals surface area contributed by atoms with Gasteiger partial charge in [-0.05, 0) is 55.3 Å². The molecule has 3 aliphatic carbocycles. The predicted octanol–water partition coefficient (Wildman–Crippen LogP) is 2.24. The molecule has 4 rings (SSSR count). The highest BCUT2D eigenvalue weighted by molar-refractivity contribution is 5.85. The zero-order valence-electron chi connectivity index (χ0n) is 12.9. The van der Waals surface area contributed by atoms with Crippen LogP contribution in [0.15, 0.2) is 0 Å². The van der Waals surface area contributed by atoms with Crippen molar-refractivity contribution < 1.29 is 14.7 Å². The van der Waals surface area contributed by atoms with Crippen LogP contribution < -0.4 is 0 Å². The minimum absolute atomic E-state index is 0.0719. The van der Waals surface area contributed by atoms with Crippen molar-refractivity contribution in [3.05, 3.63) is 0 Å². The maximum Gasteiger partial charge on any atom is 0.311 e. The van der Waals surface area contributed by atoms with Crippen molar-refractivity contribution in [1.82, 2.24) is 4.90 Å². The minimum atomic E-state index is -0.733. The third-order valence-electron chi connectivity index (χ3n) is 7.16. The van der Waals surface area contributed by atoms with E-state index >= 15 is 0 Å². The number of nitrogens with zero attached hydrogens (tertiary/aromatic N) is 1. The lowest BCUT2D eigenvalue weighted by Gasteiger charge is -2.29. The van der Waals surface area contributed by atoms with Crippen LogP contribution in [0.2, 0.25) is 0 Å². The molecule has 116 valence electrons. The largest absolute Gasteiger partial charge is 0.481 e. The molecule has 1 saturated heterocycles. The summed E-state index contributed by atoms with van der Waals surface area (Å²) < 4.78 is 0. The number of likely N-dealkylation sites (tertiary alicyclic amines) is 1. The molecule has 4 heteroatoms. The van der Waals surface area contributed by atoms with E-state index in [0.717, 1.165) is 11.8 Å². The van der Waals surface area contributed by atoms with Gasteiger partial charge in [0.15, 0.2) is 0 Å². The number of rotatable bonds is 3. The number of amides is 1. The van der Waals surface area contributed by atoms with E-state index in [4.69, 9.17) is 0 Å². The van der Waals surface area contributed by atoms with Crippen LogP contribution in [0.3, 0.4) is 0 Å². The Labute approximate surface area is 125 Å². The molecule has 5 unspecified atom stereocenters. The number of carbonyl (C=O) groups excluding carboxylic acids is 1. The van der Waals surface area contributed by atoms with E-state index in [1.165, 1.54) is 19.3 Å². The number of fused-ring (bicyclic) bond motifs is 5. The van der Waals surface area contributed by atoms with Crippen molar-refractivity contribution in [2.45, 2.75) is 39.5 Å². The van der Waals surface area contributed by atoms with Gasteiger partial charge in [0.25, 0.3) is 0 Å². The second-order valence-corrected chi connectivity index (χ2v) is 8.14. The van der Waals surface area contributed by atoms with Crippen LogP contribution in [0.4, 0.5) is 0 Å². The minimum Gasteiger partial charge on any atom is -0.481 e. The number of hydrogen-bond donors (Lipinski definition) is 1. The normalized spacial score (nSPS) is 47.0. The van der Waals surface area contributed by atoms with Crippen molar-refractivity contribution >= 4 is 11.9 Å². The Morgan fingerprint density at radius 1 is 1.19 bits per heavy atom. The maximum absolute atomic E-state index is 12.8. The molecule has 1 heterocycles. The molecule has 3 saturated carbocycles. The zero-order valence-corrected chi connectivity index (χ0v) is 12.9. The van der Waals surface area contributed by atoms with Gasteiger partial charge in [-0.25, -0.2) is 0 Å². The molecule has 1 amide bonds. The number of hydrogen-bond acceptors (Lipinski definition) is 2. The summed E-state index contributed by atoms with van der Waals surface area (Å²) >= 11 is 0. The van der Waals surface area contributed by atoms with E-state index in [0.29, 0.717) is 31.3 Å². The van der Waals surface area contributed by atoms with Crippen LogP contribution in [0.25, 0.3) is 0 Å². The quantitative estimate of drug-likeness (QED) is 0.867. The van der Waals surface area contributed by atoms with Crippen LogP contribution in [-0.4, -0.2) is 35.0 Å². The smallest absolute Gasteiger partial charge is 0.311 e. The lowest BCUT2D eigenvalue weighted by Crippen LogP contribution is -2.41. The molecule has 2 bridgehead atoms. The first kappa shape index (κ1) is 13.6. The molecule has 4 nitrogen and oxygen atoms in total. The molecule has 0 aromatic carbocycles. The molecule has 0 aromatic rings. The zero-order chi connectivity index (χ0) is 14.9. The standard InChI is InChI=1S/C17H25NO3/c1-9(2)17(16(20)21)5-6-18(8-17)15(19)14-12-10-3-4-11(7-10)13(12)14/h9-14H,3-8H2,1-2H3,(H,20,21). The van der Waals surface area contributed by atoms with Gasteiger partial charge >= 0.3 is 5.97 Å². The molecule has 4 fully saturated rings. The van der Waals surface area contributed by atoms with E-state index in [-0.39, 0.29) is 17.7 Å². The first-order valence-corrected chi connectivity index (χ1v) is 8.48. The number of carboxylic acid groups (broad SMARTS) is 1. The Morgan fingerprint density at radius 2 is 1.81 bits per heavy atom. The fourth-order valence-electron chi connectivity index (χ4n) is 5.78. The van der Waals surface area contributed by atoms with Crippen LogP contribution in [0.1, 0.15) is 39.5 Å². The Bertz CT molecular complexity index is 486. The summed E-state index contributed by atoms with van der Waals surface area (Å²) in [6, 6.07) is 0. The molecular formula is C17H25NO3. The van der Waals surface area contributed by atoms with Gasteiger partial charge < -0.3 is 10.0 Å². The van der Waals surface area contributed by atoms with E-state index in [1.807, 2.05) is 18.7 Å². The summed E-state index contributed by atoms with van der Waals surface area (Å²) in [7, 11) is 0. The number of carbonyl (C=O) groups is 2. The molecular weight excluding hydrogens is 266 g/mol. The van der Waals surface area contributed by atoms with Gasteiger partial charge in [0, 0.05) is 19.0 Å². The van der Waals surface area contributed by atoms with Crippen molar-refractivity contribution in [3.63, 3.8) is 0 Å². The fraction of sp³-hybridized carbons (Fsp3) is 0.882. The molecule has 0 spiro atoms. The topological polar surface area (TPSA) is 57.6 Å². The highest BCUT2D eigenvalue weighted by Crippen LogP contribution is 2.69. The first-order chi connectivity index (χ1) is 9.95. The maximum atomic E-state index is 12.8. The van der Waals surface area contributed by atoms with Gasteiger partial charge in [-0.3, -0.25) is 9.59 Å². The van der Waals surface area contributed by atoms with Gasteiger partial charge in [-0.2, -0.15) is 0 Å². The molecule has 21 heavy (non-hydrogen) atoms. The summed E-state index contributed by atoms with van der Waals surface area (Å²) in [5.41, 5.74) is -0.724. The van der Waals surface area contributed by atoms with E-state index < -0.39 is 11.4 Å². The summed E-state index contributed by atoms with van der Waals surface area (Å²) in [5.74, 6) is 2.74. The second-order valence-electron chi connectivity index (χ2n) is 8.14. The van der Waals surface area contributed by atoms with E-state index in [2.05, 4.69) is 0 Å². The summed E-state index contributed by atoms with van der Waals surface area (Å²) in [4.78, 5) is 26.4. The molecule has 1 N–H and O–H groups in total. The third-order valence-corrected chi connectivity index (χ3v) is 7.16. The number of carboxylic acids is 1. The van der Waals surface area contributed by atoms with Crippen LogP contribution >= 0.6 is 0 Å². The average Bonchev–Trinajstić information content (AvgIpc) is 2.85. The van der Waals surface area contributed by atoms with Gasteiger partial charge in [0.2, 0.25) is 5.91 Å². The van der Waals surface area contributed by atoms with Crippen molar-refractivity contribution in [2.75, 3.05) is 13.1 Å². The highest BCUT2D eigenvalue weighted by Gasteiger charge is 2.68. The van der Waals surface area contributed by atoms with Crippen LogP contribution in [-0.2, 0) is 9.59 Å². The van der Waals surface area contributed by atoms with Crippen molar-refractivity contribution in [3.8, 4) is 0 Å². The fourth-order valence-corrected chi connectivity index (χ4v) is 5.78.